The van der Waals surface area contributed by atoms with Crippen LogP contribution in [0.5, 0.6) is 0 Å². The third kappa shape index (κ3) is 3.27. The molecular formula is C11H8F5NO2. The lowest BCUT2D eigenvalue weighted by Crippen LogP contribution is -2.43. The highest BCUT2D eigenvalue weighted by atomic mass is 19.4. The van der Waals surface area contributed by atoms with Crippen LogP contribution in [0.1, 0.15) is 11.3 Å². The Morgan fingerprint density at radius 2 is 1.84 bits per heavy atom. The average molecular weight is 281 g/mol. The lowest BCUT2D eigenvalue weighted by Gasteiger charge is -2.16. The normalized spacial score (nSPS) is 13.5. The molecule has 0 atom stereocenters. The van der Waals surface area contributed by atoms with Gasteiger partial charge in [0.25, 0.3) is 0 Å². The van der Waals surface area contributed by atoms with E-state index in [1.54, 1.807) is 6.92 Å². The van der Waals surface area contributed by atoms with E-state index in [0.29, 0.717) is 5.69 Å². The molecular weight excluding hydrogens is 273 g/mol. The molecule has 0 spiro atoms. The highest BCUT2D eigenvalue weighted by Gasteiger charge is 2.62. The number of carbonyl (C=O) groups is 1. The first-order chi connectivity index (χ1) is 8.55. The standard InChI is InChI=1S/C11H8F5NO2/c1-6-2-3-7(5-17-6)8(18)4-9(19)10(12,13)11(14,15)16/h2-5,18H,1H3. The number of rotatable bonds is 3. The number of ketones is 1. The summed E-state index contributed by atoms with van der Waals surface area (Å²) in [7, 11) is 0. The topological polar surface area (TPSA) is 50.2 Å². The number of aromatic nitrogens is 1. The summed E-state index contributed by atoms with van der Waals surface area (Å²) < 4.78 is 60.9. The van der Waals surface area contributed by atoms with Crippen LogP contribution >= 0.6 is 0 Å². The number of aliphatic hydroxyl groups is 1. The van der Waals surface area contributed by atoms with Gasteiger partial charge >= 0.3 is 12.1 Å². The van der Waals surface area contributed by atoms with Gasteiger partial charge in [-0.25, -0.2) is 0 Å². The Bertz CT molecular complexity index is 505. The Kier molecular flexibility index (Phi) is 3.92. The molecule has 0 bridgehead atoms. The van der Waals surface area contributed by atoms with Gasteiger partial charge in [-0.2, -0.15) is 22.0 Å². The third-order valence-electron chi connectivity index (χ3n) is 2.14. The molecule has 1 rings (SSSR count). The molecule has 0 aliphatic heterocycles. The number of nitrogens with zero attached hydrogens (tertiary/aromatic N) is 1. The van der Waals surface area contributed by atoms with Crippen molar-refractivity contribution in [3.8, 4) is 0 Å². The van der Waals surface area contributed by atoms with Gasteiger partial charge in [0.15, 0.2) is 0 Å². The molecule has 0 radical (unpaired) electrons. The summed E-state index contributed by atoms with van der Waals surface area (Å²) in [5.74, 6) is -9.10. The predicted molar refractivity (Wildman–Crippen MR) is 55.6 cm³/mol. The SMILES string of the molecule is Cc1ccc(C(O)=CC(=O)C(F)(F)C(F)(F)F)cn1. The van der Waals surface area contributed by atoms with Crippen molar-refractivity contribution in [2.75, 3.05) is 0 Å². The zero-order valence-corrected chi connectivity index (χ0v) is 9.50. The second-order valence-corrected chi connectivity index (χ2v) is 3.65. The Morgan fingerprint density at radius 3 is 2.26 bits per heavy atom. The molecule has 8 heteroatoms. The van der Waals surface area contributed by atoms with Gasteiger partial charge in [0.05, 0.1) is 0 Å². The van der Waals surface area contributed by atoms with Gasteiger partial charge in [-0.3, -0.25) is 9.78 Å². The van der Waals surface area contributed by atoms with Crippen molar-refractivity contribution in [1.82, 2.24) is 4.98 Å². The van der Waals surface area contributed by atoms with Gasteiger partial charge in [0.2, 0.25) is 5.78 Å². The molecule has 1 aromatic heterocycles. The molecule has 1 N–H and O–H groups in total. The maximum absolute atomic E-state index is 12.6. The largest absolute Gasteiger partial charge is 0.507 e. The molecule has 0 aliphatic carbocycles. The van der Waals surface area contributed by atoms with E-state index >= 15 is 0 Å². The number of pyridine rings is 1. The Labute approximate surface area is 104 Å². The number of aryl methyl sites for hydroxylation is 1. The minimum Gasteiger partial charge on any atom is -0.507 e. The molecule has 0 amide bonds. The van der Waals surface area contributed by atoms with Crippen molar-refractivity contribution < 1.29 is 31.9 Å². The summed E-state index contributed by atoms with van der Waals surface area (Å²) in [4.78, 5) is 14.5. The van der Waals surface area contributed by atoms with E-state index < -0.39 is 23.6 Å². The van der Waals surface area contributed by atoms with Crippen molar-refractivity contribution >= 4 is 11.5 Å². The van der Waals surface area contributed by atoms with Crippen molar-refractivity contribution in [2.24, 2.45) is 0 Å². The van der Waals surface area contributed by atoms with Crippen molar-refractivity contribution in [3.63, 3.8) is 0 Å². The highest BCUT2D eigenvalue weighted by molar-refractivity contribution is 6.00. The van der Waals surface area contributed by atoms with E-state index in [4.69, 9.17) is 0 Å². The van der Waals surface area contributed by atoms with Crippen LogP contribution in [0.4, 0.5) is 22.0 Å². The number of aliphatic hydroxyl groups excluding tert-OH is 1. The first-order valence-electron chi connectivity index (χ1n) is 4.88. The number of hydrogen-bond donors (Lipinski definition) is 1. The average Bonchev–Trinajstić information content (AvgIpc) is 2.28. The smallest absolute Gasteiger partial charge is 0.461 e. The van der Waals surface area contributed by atoms with Crippen LogP contribution in [0.15, 0.2) is 24.4 Å². The number of hydrogen-bond acceptors (Lipinski definition) is 3. The quantitative estimate of drug-likeness (QED) is 0.526. The Hall–Kier alpha value is -1.99. The molecule has 0 aromatic carbocycles. The molecule has 0 unspecified atom stereocenters. The summed E-state index contributed by atoms with van der Waals surface area (Å²) in [6.45, 7) is 1.60. The second-order valence-electron chi connectivity index (χ2n) is 3.65. The number of alkyl halides is 5. The summed E-state index contributed by atoms with van der Waals surface area (Å²) in [6.07, 6.45) is -5.13. The summed E-state index contributed by atoms with van der Waals surface area (Å²) in [5.41, 5.74) is 0.403. The van der Waals surface area contributed by atoms with Crippen molar-refractivity contribution in [3.05, 3.63) is 35.7 Å². The van der Waals surface area contributed by atoms with Crippen LogP contribution in [0, 0.1) is 6.92 Å². The summed E-state index contributed by atoms with van der Waals surface area (Å²) >= 11 is 0. The van der Waals surface area contributed by atoms with Crippen LogP contribution in [-0.4, -0.2) is 28.0 Å². The van der Waals surface area contributed by atoms with E-state index in [1.165, 1.54) is 12.1 Å². The first kappa shape index (κ1) is 15.1. The molecule has 0 saturated heterocycles. The van der Waals surface area contributed by atoms with Gasteiger partial charge in [-0.1, -0.05) is 0 Å². The third-order valence-corrected chi connectivity index (χ3v) is 2.14. The van der Waals surface area contributed by atoms with Gasteiger partial charge in [0.1, 0.15) is 5.76 Å². The molecule has 0 fully saturated rings. The molecule has 19 heavy (non-hydrogen) atoms. The van der Waals surface area contributed by atoms with E-state index in [2.05, 4.69) is 4.98 Å². The number of halogens is 5. The molecule has 1 aromatic rings. The maximum Gasteiger partial charge on any atom is 0.461 e. The molecule has 104 valence electrons. The van der Waals surface area contributed by atoms with Gasteiger partial charge < -0.3 is 5.11 Å². The van der Waals surface area contributed by atoms with E-state index in [1.807, 2.05) is 0 Å². The fourth-order valence-electron chi connectivity index (χ4n) is 1.06. The fourth-order valence-corrected chi connectivity index (χ4v) is 1.06. The lowest BCUT2D eigenvalue weighted by atomic mass is 10.1. The molecule has 3 nitrogen and oxygen atoms in total. The van der Waals surface area contributed by atoms with Crippen molar-refractivity contribution in [1.29, 1.82) is 0 Å². The molecule has 0 aliphatic rings. The van der Waals surface area contributed by atoms with Gasteiger partial charge in [-0.05, 0) is 19.1 Å². The van der Waals surface area contributed by atoms with Crippen LogP contribution in [0.3, 0.4) is 0 Å². The van der Waals surface area contributed by atoms with Crippen LogP contribution in [-0.2, 0) is 4.79 Å². The highest BCUT2D eigenvalue weighted by Crippen LogP contribution is 2.36. The summed E-state index contributed by atoms with van der Waals surface area (Å²) in [5, 5.41) is 9.31. The number of carbonyl (C=O) groups excluding carboxylic acids is 1. The minimum absolute atomic E-state index is 0.142. The van der Waals surface area contributed by atoms with Gasteiger partial charge in [0, 0.05) is 23.5 Å². The lowest BCUT2D eigenvalue weighted by molar-refractivity contribution is -0.266. The van der Waals surface area contributed by atoms with E-state index in [0.717, 1.165) is 6.20 Å². The number of allylic oxidation sites excluding steroid dienone is 1. The monoisotopic (exact) mass is 281 g/mol. The maximum atomic E-state index is 12.6. The van der Waals surface area contributed by atoms with E-state index in [9.17, 15) is 31.9 Å². The van der Waals surface area contributed by atoms with Crippen LogP contribution in [0.25, 0.3) is 5.76 Å². The van der Waals surface area contributed by atoms with E-state index in [-0.39, 0.29) is 11.6 Å². The minimum atomic E-state index is -6.01. The Balaban J connectivity index is 3.03. The predicted octanol–water partition coefficient (Wildman–Crippen LogP) is 3.06. The van der Waals surface area contributed by atoms with Crippen molar-refractivity contribution in [2.45, 2.75) is 19.0 Å². The second kappa shape index (κ2) is 4.94. The molecule has 1 heterocycles. The zero-order valence-electron chi connectivity index (χ0n) is 9.50. The first-order valence-corrected chi connectivity index (χ1v) is 4.88. The fraction of sp³-hybridized carbons (Fsp3) is 0.273. The summed E-state index contributed by atoms with van der Waals surface area (Å²) in [6, 6.07) is 2.62. The molecule has 0 saturated carbocycles. The van der Waals surface area contributed by atoms with Gasteiger partial charge in [-0.15, -0.1) is 0 Å². The Morgan fingerprint density at radius 1 is 1.26 bits per heavy atom. The van der Waals surface area contributed by atoms with Crippen LogP contribution in [0.2, 0.25) is 0 Å². The van der Waals surface area contributed by atoms with Crippen LogP contribution < -0.4 is 0 Å². The zero-order chi connectivity index (χ0) is 14.8.